The van der Waals surface area contributed by atoms with E-state index >= 15 is 0 Å². The molecule has 4 nitrogen and oxygen atoms in total. The van der Waals surface area contributed by atoms with E-state index in [-0.39, 0.29) is 35.6 Å². The molecule has 0 atom stereocenters. The molecule has 1 aromatic heterocycles. The zero-order valence-corrected chi connectivity index (χ0v) is 11.0. The minimum absolute atomic E-state index is 0. The standard InChI is InChI=1S/C10H16N2O2S.Li/c1-4-8-5-12(6-14-7(2)3)10(15)11-9(8)13;/h5,7H,4,6H2,1-3H3,(H,11,13,15);/q;+1/p-1. The molecule has 0 unspecified atom stereocenters. The summed E-state index contributed by atoms with van der Waals surface area (Å²) in [5, 5.41) is 11.3. The maximum Gasteiger partial charge on any atom is 1.00 e. The van der Waals surface area contributed by atoms with E-state index in [1.165, 1.54) is 0 Å². The van der Waals surface area contributed by atoms with Crippen molar-refractivity contribution in [2.45, 2.75) is 40.0 Å². The summed E-state index contributed by atoms with van der Waals surface area (Å²) in [4.78, 5) is 3.76. The molecule has 1 heterocycles. The van der Waals surface area contributed by atoms with Crippen molar-refractivity contribution in [3.05, 3.63) is 16.5 Å². The van der Waals surface area contributed by atoms with Crippen molar-refractivity contribution >= 4 is 12.2 Å². The Bertz CT molecular complexity index is 393. The molecule has 0 saturated heterocycles. The topological polar surface area (TPSA) is 50.1 Å². The van der Waals surface area contributed by atoms with Crippen molar-refractivity contribution in [1.82, 2.24) is 9.55 Å². The number of rotatable bonds is 4. The fourth-order valence-electron chi connectivity index (χ4n) is 1.09. The Morgan fingerprint density at radius 1 is 1.56 bits per heavy atom. The van der Waals surface area contributed by atoms with Crippen LogP contribution in [0, 0.1) is 4.77 Å². The summed E-state index contributed by atoms with van der Waals surface area (Å²) in [6.45, 7) is 6.14. The van der Waals surface area contributed by atoms with Crippen molar-refractivity contribution in [3.63, 3.8) is 0 Å². The molecule has 0 N–H and O–H groups in total. The molecule has 0 amide bonds. The van der Waals surface area contributed by atoms with Crippen LogP contribution in [0.2, 0.25) is 0 Å². The molecule has 16 heavy (non-hydrogen) atoms. The summed E-state index contributed by atoms with van der Waals surface area (Å²) < 4.78 is 7.35. The smallest absolute Gasteiger partial charge is 0.858 e. The number of ether oxygens (including phenoxy) is 1. The van der Waals surface area contributed by atoms with Gasteiger partial charge in [0, 0.05) is 6.20 Å². The third-order valence-corrected chi connectivity index (χ3v) is 2.28. The van der Waals surface area contributed by atoms with Crippen LogP contribution in [0.25, 0.3) is 0 Å². The van der Waals surface area contributed by atoms with E-state index in [1.807, 2.05) is 20.8 Å². The molecule has 0 aliphatic heterocycles. The van der Waals surface area contributed by atoms with Crippen molar-refractivity contribution in [2.75, 3.05) is 0 Å². The first-order valence-corrected chi connectivity index (χ1v) is 5.34. The van der Waals surface area contributed by atoms with Crippen LogP contribution in [-0.2, 0) is 17.9 Å². The fraction of sp³-hybridized carbons (Fsp3) is 0.600. The van der Waals surface area contributed by atoms with Gasteiger partial charge in [-0.05, 0) is 43.9 Å². The second-order valence-corrected chi connectivity index (χ2v) is 3.89. The summed E-state index contributed by atoms with van der Waals surface area (Å²) in [5.41, 5.74) is 0.663. The van der Waals surface area contributed by atoms with Gasteiger partial charge in [-0.25, -0.2) is 4.98 Å². The van der Waals surface area contributed by atoms with E-state index in [0.717, 1.165) is 0 Å². The Morgan fingerprint density at radius 2 is 2.19 bits per heavy atom. The Kier molecular flexibility index (Phi) is 6.92. The Morgan fingerprint density at radius 3 is 2.69 bits per heavy atom. The minimum Gasteiger partial charge on any atom is -0.858 e. The first kappa shape index (κ1) is 15.7. The molecule has 0 spiro atoms. The van der Waals surface area contributed by atoms with Gasteiger partial charge in [0.15, 0.2) is 0 Å². The largest absolute Gasteiger partial charge is 1.00 e. The molecule has 6 heteroatoms. The van der Waals surface area contributed by atoms with Gasteiger partial charge >= 0.3 is 18.9 Å². The van der Waals surface area contributed by atoms with E-state index in [9.17, 15) is 5.11 Å². The minimum atomic E-state index is -0.233. The Balaban J connectivity index is 0.00000225. The number of nitrogens with zero attached hydrogens (tertiary/aromatic N) is 2. The quantitative estimate of drug-likeness (QED) is 0.477. The molecule has 0 bridgehead atoms. The van der Waals surface area contributed by atoms with E-state index < -0.39 is 0 Å². The summed E-state index contributed by atoms with van der Waals surface area (Å²) in [5.74, 6) is -0.233. The van der Waals surface area contributed by atoms with Gasteiger partial charge in [0.2, 0.25) is 4.77 Å². The zero-order valence-electron chi connectivity index (χ0n) is 10.2. The second-order valence-electron chi connectivity index (χ2n) is 3.52. The van der Waals surface area contributed by atoms with E-state index in [0.29, 0.717) is 18.7 Å². The second kappa shape index (κ2) is 7.08. The maximum atomic E-state index is 11.3. The summed E-state index contributed by atoms with van der Waals surface area (Å²) in [7, 11) is 0. The van der Waals surface area contributed by atoms with Gasteiger partial charge in [0.25, 0.3) is 0 Å². The van der Waals surface area contributed by atoms with Crippen molar-refractivity contribution in [1.29, 1.82) is 0 Å². The van der Waals surface area contributed by atoms with Gasteiger partial charge in [-0.2, -0.15) is 0 Å². The molecule has 84 valence electrons. The summed E-state index contributed by atoms with van der Waals surface area (Å²) in [6.07, 6.45) is 2.51. The summed E-state index contributed by atoms with van der Waals surface area (Å²) in [6, 6.07) is 0. The van der Waals surface area contributed by atoms with Gasteiger partial charge in [0.05, 0.1) is 6.10 Å². The van der Waals surface area contributed by atoms with Crippen LogP contribution < -0.4 is 24.0 Å². The Hall–Kier alpha value is -0.343. The van der Waals surface area contributed by atoms with Gasteiger partial charge < -0.3 is 9.84 Å². The van der Waals surface area contributed by atoms with E-state index in [2.05, 4.69) is 4.98 Å². The van der Waals surface area contributed by atoms with Crippen LogP contribution in [-0.4, -0.2) is 15.7 Å². The van der Waals surface area contributed by atoms with Crippen molar-refractivity contribution in [2.24, 2.45) is 0 Å². The number of hydrogen-bond donors (Lipinski definition) is 0. The van der Waals surface area contributed by atoms with Gasteiger partial charge in [-0.1, -0.05) is 6.92 Å². The van der Waals surface area contributed by atoms with E-state index in [1.54, 1.807) is 10.8 Å². The number of aryl methyl sites for hydroxylation is 1. The number of aromatic nitrogens is 2. The van der Waals surface area contributed by atoms with Crippen LogP contribution in [0.4, 0.5) is 0 Å². The fourth-order valence-corrected chi connectivity index (χ4v) is 1.27. The van der Waals surface area contributed by atoms with Crippen molar-refractivity contribution < 1.29 is 28.7 Å². The van der Waals surface area contributed by atoms with Crippen LogP contribution in [0.1, 0.15) is 26.3 Å². The average Bonchev–Trinajstić information content (AvgIpc) is 2.16. The summed E-state index contributed by atoms with van der Waals surface area (Å²) >= 11 is 4.97. The van der Waals surface area contributed by atoms with E-state index in [4.69, 9.17) is 17.0 Å². The van der Waals surface area contributed by atoms with Crippen molar-refractivity contribution in [3.8, 4) is 5.88 Å². The monoisotopic (exact) mass is 234 g/mol. The third-order valence-electron chi connectivity index (χ3n) is 1.96. The molecule has 0 saturated carbocycles. The number of hydrogen-bond acceptors (Lipinski definition) is 4. The molecule has 0 fully saturated rings. The SMILES string of the molecule is CCc1cn(COC(C)C)c(=S)nc1[O-].[Li+]. The maximum absolute atomic E-state index is 11.3. The molecule has 1 rings (SSSR count). The van der Waals surface area contributed by atoms with Crippen LogP contribution in [0.15, 0.2) is 6.20 Å². The molecule has 0 aromatic carbocycles. The third kappa shape index (κ3) is 4.26. The van der Waals surface area contributed by atoms with Gasteiger partial charge in [-0.3, -0.25) is 4.57 Å². The van der Waals surface area contributed by atoms with Crippen LogP contribution in [0.3, 0.4) is 0 Å². The molecular weight excluding hydrogens is 219 g/mol. The predicted molar refractivity (Wildman–Crippen MR) is 58.1 cm³/mol. The van der Waals surface area contributed by atoms with Gasteiger partial charge in [0.1, 0.15) is 6.73 Å². The molecule has 0 aliphatic rings. The van der Waals surface area contributed by atoms with Crippen LogP contribution in [0.5, 0.6) is 5.88 Å². The van der Waals surface area contributed by atoms with Crippen LogP contribution >= 0.6 is 12.2 Å². The molecule has 0 radical (unpaired) electrons. The molecule has 1 aromatic rings. The first-order chi connectivity index (χ1) is 7.04. The van der Waals surface area contributed by atoms with Gasteiger partial charge in [-0.15, -0.1) is 0 Å². The molecular formula is C10H15LiN2O2S. The Labute approximate surface area is 113 Å². The molecule has 0 aliphatic carbocycles. The average molecular weight is 234 g/mol. The normalized spacial score (nSPS) is 10.2. The zero-order chi connectivity index (χ0) is 11.4. The first-order valence-electron chi connectivity index (χ1n) is 4.93. The predicted octanol–water partition coefficient (Wildman–Crippen LogP) is -1.36.